The van der Waals surface area contributed by atoms with Crippen LogP contribution in [0, 0.1) is 0 Å². The van der Waals surface area contributed by atoms with Gasteiger partial charge in [-0.3, -0.25) is 0 Å². The van der Waals surface area contributed by atoms with E-state index in [-0.39, 0.29) is 12.2 Å². The summed E-state index contributed by atoms with van der Waals surface area (Å²) in [5.41, 5.74) is 0. The van der Waals surface area contributed by atoms with Crippen molar-refractivity contribution in [3.05, 3.63) is 0 Å². The van der Waals surface area contributed by atoms with Crippen LogP contribution in [-0.4, -0.2) is 18.4 Å². The Kier molecular flexibility index (Phi) is 7.25. The topological polar surface area (TPSA) is 35.5 Å². The highest BCUT2D eigenvalue weighted by molar-refractivity contribution is 5.60. The van der Waals surface area contributed by atoms with Crippen LogP contribution in [0.4, 0.5) is 4.79 Å². The Balaban J connectivity index is 3.78. The minimum Gasteiger partial charge on any atom is -0.431 e. The van der Waals surface area contributed by atoms with Gasteiger partial charge in [-0.1, -0.05) is 27.2 Å². The summed E-state index contributed by atoms with van der Waals surface area (Å²) in [7, 11) is 0. The van der Waals surface area contributed by atoms with Crippen molar-refractivity contribution < 1.29 is 14.3 Å². The van der Waals surface area contributed by atoms with E-state index < -0.39 is 6.16 Å². The van der Waals surface area contributed by atoms with Gasteiger partial charge < -0.3 is 9.47 Å². The molecule has 0 fully saturated rings. The smallest absolute Gasteiger partial charge is 0.431 e. The summed E-state index contributed by atoms with van der Waals surface area (Å²) in [6.45, 7) is 7.92. The van der Waals surface area contributed by atoms with Crippen LogP contribution in [0.25, 0.3) is 0 Å². The van der Waals surface area contributed by atoms with Gasteiger partial charge in [0.15, 0.2) is 0 Å². The first-order chi connectivity index (χ1) is 6.63. The van der Waals surface area contributed by atoms with Crippen molar-refractivity contribution in [1.82, 2.24) is 0 Å². The third-order valence-electron chi connectivity index (χ3n) is 2.20. The van der Waals surface area contributed by atoms with Gasteiger partial charge >= 0.3 is 6.16 Å². The molecule has 84 valence electrons. The molecule has 0 aliphatic rings. The highest BCUT2D eigenvalue weighted by Gasteiger charge is 2.14. The SMILES string of the molecule is CCCC(CC)OC(=O)OC(C)CC. The zero-order valence-corrected chi connectivity index (χ0v) is 9.71. The van der Waals surface area contributed by atoms with Gasteiger partial charge in [0.05, 0.1) is 0 Å². The lowest BCUT2D eigenvalue weighted by Gasteiger charge is -2.17. The van der Waals surface area contributed by atoms with Crippen LogP contribution in [0.1, 0.15) is 53.4 Å². The quantitative estimate of drug-likeness (QED) is 0.618. The fourth-order valence-corrected chi connectivity index (χ4v) is 1.08. The monoisotopic (exact) mass is 202 g/mol. The number of carbonyl (C=O) groups is 1. The molecule has 0 rings (SSSR count). The summed E-state index contributed by atoms with van der Waals surface area (Å²) in [5.74, 6) is 0. The predicted octanol–water partition coefficient (Wildman–Crippen LogP) is 3.52. The van der Waals surface area contributed by atoms with E-state index in [1.165, 1.54) is 0 Å². The number of carbonyl (C=O) groups excluding carboxylic acids is 1. The largest absolute Gasteiger partial charge is 0.508 e. The van der Waals surface area contributed by atoms with E-state index in [2.05, 4.69) is 6.92 Å². The molecule has 0 radical (unpaired) electrons. The molecule has 0 aromatic carbocycles. The fraction of sp³-hybridized carbons (Fsp3) is 0.909. The van der Waals surface area contributed by atoms with Crippen molar-refractivity contribution in [2.75, 3.05) is 0 Å². The van der Waals surface area contributed by atoms with E-state index >= 15 is 0 Å². The first-order valence-corrected chi connectivity index (χ1v) is 5.51. The van der Waals surface area contributed by atoms with Crippen LogP contribution in [-0.2, 0) is 9.47 Å². The van der Waals surface area contributed by atoms with Gasteiger partial charge in [-0.05, 0) is 26.2 Å². The van der Waals surface area contributed by atoms with Crippen LogP contribution in [0.3, 0.4) is 0 Å². The van der Waals surface area contributed by atoms with Crippen molar-refractivity contribution >= 4 is 6.16 Å². The summed E-state index contributed by atoms with van der Waals surface area (Å²) < 4.78 is 10.2. The maximum Gasteiger partial charge on any atom is 0.508 e. The standard InChI is InChI=1S/C11H22O3/c1-5-8-10(7-3)14-11(12)13-9(4)6-2/h9-10H,5-8H2,1-4H3. The molecule has 0 amide bonds. The van der Waals surface area contributed by atoms with Crippen molar-refractivity contribution in [2.45, 2.75) is 65.6 Å². The van der Waals surface area contributed by atoms with Crippen molar-refractivity contribution in [2.24, 2.45) is 0 Å². The average Bonchev–Trinajstić information content (AvgIpc) is 2.16. The summed E-state index contributed by atoms with van der Waals surface area (Å²) in [5, 5.41) is 0. The molecule has 0 bridgehead atoms. The maximum absolute atomic E-state index is 11.2. The molecule has 0 aromatic rings. The molecule has 2 unspecified atom stereocenters. The second-order valence-electron chi connectivity index (χ2n) is 3.52. The molecule has 0 aromatic heterocycles. The fourth-order valence-electron chi connectivity index (χ4n) is 1.08. The van der Waals surface area contributed by atoms with E-state index in [0.717, 1.165) is 25.7 Å². The zero-order chi connectivity index (χ0) is 11.0. The van der Waals surface area contributed by atoms with Crippen molar-refractivity contribution in [1.29, 1.82) is 0 Å². The highest BCUT2D eigenvalue weighted by atomic mass is 16.7. The lowest BCUT2D eigenvalue weighted by Crippen LogP contribution is -2.21. The van der Waals surface area contributed by atoms with Gasteiger partial charge in [-0.25, -0.2) is 4.79 Å². The van der Waals surface area contributed by atoms with E-state index in [1.807, 2.05) is 20.8 Å². The molecule has 0 aliphatic carbocycles. The molecular weight excluding hydrogens is 180 g/mol. The van der Waals surface area contributed by atoms with Gasteiger partial charge in [-0.2, -0.15) is 0 Å². The van der Waals surface area contributed by atoms with Crippen LogP contribution in [0.15, 0.2) is 0 Å². The molecule has 14 heavy (non-hydrogen) atoms. The summed E-state index contributed by atoms with van der Waals surface area (Å²) >= 11 is 0. The number of hydrogen-bond donors (Lipinski definition) is 0. The van der Waals surface area contributed by atoms with Gasteiger partial charge in [0, 0.05) is 0 Å². The Morgan fingerprint density at radius 2 is 1.79 bits per heavy atom. The number of hydrogen-bond acceptors (Lipinski definition) is 3. The number of ether oxygens (including phenoxy) is 2. The Bertz CT molecular complexity index is 157. The van der Waals surface area contributed by atoms with Gasteiger partial charge in [0.25, 0.3) is 0 Å². The van der Waals surface area contributed by atoms with E-state index in [4.69, 9.17) is 9.47 Å². The molecule has 3 nitrogen and oxygen atoms in total. The van der Waals surface area contributed by atoms with Crippen LogP contribution >= 0.6 is 0 Å². The normalized spacial score (nSPS) is 14.6. The van der Waals surface area contributed by atoms with Crippen molar-refractivity contribution in [3.8, 4) is 0 Å². The average molecular weight is 202 g/mol. The predicted molar refractivity (Wildman–Crippen MR) is 56.3 cm³/mol. The Hall–Kier alpha value is -0.730. The molecular formula is C11H22O3. The highest BCUT2D eigenvalue weighted by Crippen LogP contribution is 2.09. The summed E-state index contributed by atoms with van der Waals surface area (Å²) in [4.78, 5) is 11.2. The molecule has 0 saturated heterocycles. The summed E-state index contributed by atoms with van der Waals surface area (Å²) in [6, 6.07) is 0. The van der Waals surface area contributed by atoms with E-state index in [1.54, 1.807) is 0 Å². The molecule has 0 aliphatic heterocycles. The van der Waals surface area contributed by atoms with Crippen LogP contribution < -0.4 is 0 Å². The Labute approximate surface area is 86.8 Å². The lowest BCUT2D eigenvalue weighted by atomic mass is 10.2. The van der Waals surface area contributed by atoms with E-state index in [0.29, 0.717) is 0 Å². The second kappa shape index (κ2) is 7.65. The van der Waals surface area contributed by atoms with E-state index in [9.17, 15) is 4.79 Å². The third kappa shape index (κ3) is 5.84. The molecule has 3 heteroatoms. The number of rotatable bonds is 6. The van der Waals surface area contributed by atoms with Crippen LogP contribution in [0.5, 0.6) is 0 Å². The second-order valence-corrected chi connectivity index (χ2v) is 3.52. The first-order valence-electron chi connectivity index (χ1n) is 5.51. The minimum absolute atomic E-state index is 0.0107. The summed E-state index contributed by atoms with van der Waals surface area (Å²) in [6.07, 6.45) is 3.03. The first kappa shape index (κ1) is 13.3. The van der Waals surface area contributed by atoms with Gasteiger partial charge in [-0.15, -0.1) is 0 Å². The molecule has 0 heterocycles. The molecule has 2 atom stereocenters. The van der Waals surface area contributed by atoms with Crippen molar-refractivity contribution in [3.63, 3.8) is 0 Å². The molecule has 0 N–H and O–H groups in total. The lowest BCUT2D eigenvalue weighted by molar-refractivity contribution is -0.00118. The zero-order valence-electron chi connectivity index (χ0n) is 9.71. The molecule has 0 spiro atoms. The minimum atomic E-state index is -0.528. The Morgan fingerprint density at radius 1 is 1.14 bits per heavy atom. The molecule has 0 saturated carbocycles. The maximum atomic E-state index is 11.2. The Morgan fingerprint density at radius 3 is 2.21 bits per heavy atom. The van der Waals surface area contributed by atoms with Crippen LogP contribution in [0.2, 0.25) is 0 Å². The van der Waals surface area contributed by atoms with Gasteiger partial charge in [0.2, 0.25) is 0 Å². The van der Waals surface area contributed by atoms with Gasteiger partial charge in [0.1, 0.15) is 12.2 Å². The third-order valence-corrected chi connectivity index (χ3v) is 2.20.